The van der Waals surface area contributed by atoms with Gasteiger partial charge in [0.1, 0.15) is 0 Å². The van der Waals surface area contributed by atoms with Gasteiger partial charge in [0.2, 0.25) is 5.91 Å². The Morgan fingerprint density at radius 3 is 2.35 bits per heavy atom. The summed E-state index contributed by atoms with van der Waals surface area (Å²) in [5.41, 5.74) is 1.68. The molecule has 3 aromatic rings. The van der Waals surface area contributed by atoms with E-state index < -0.39 is 0 Å². The van der Waals surface area contributed by atoms with Gasteiger partial charge < -0.3 is 5.32 Å². The summed E-state index contributed by atoms with van der Waals surface area (Å²) in [4.78, 5) is 24.7. The smallest absolute Gasteiger partial charge is 0.217 e. The second-order valence-corrected chi connectivity index (χ2v) is 7.31. The Balaban J connectivity index is 1.63. The second kappa shape index (κ2) is 8.19. The van der Waals surface area contributed by atoms with Crippen molar-refractivity contribution in [1.29, 1.82) is 0 Å². The zero-order chi connectivity index (χ0) is 18.5. The van der Waals surface area contributed by atoms with E-state index >= 15 is 0 Å². The molecule has 0 spiro atoms. The number of fused-ring (bicyclic) bond motifs is 1. The first-order chi connectivity index (χ1) is 12.5. The zero-order valence-electron chi connectivity index (χ0n) is 14.9. The molecular weight excluding hydrogens is 342 g/mol. The number of carbonyl (C=O) groups excluding carboxylic acids is 2. The Morgan fingerprint density at radius 1 is 0.962 bits per heavy atom. The van der Waals surface area contributed by atoms with Crippen molar-refractivity contribution in [2.75, 3.05) is 5.75 Å². The first-order valence-electron chi connectivity index (χ1n) is 8.55. The van der Waals surface area contributed by atoms with E-state index in [-0.39, 0.29) is 17.7 Å². The van der Waals surface area contributed by atoms with E-state index in [0.717, 1.165) is 10.5 Å². The Labute approximate surface area is 157 Å². The maximum Gasteiger partial charge on any atom is 0.217 e. The van der Waals surface area contributed by atoms with Gasteiger partial charge in [0.25, 0.3) is 0 Å². The molecule has 0 aliphatic rings. The number of rotatable bonds is 6. The van der Waals surface area contributed by atoms with Gasteiger partial charge in [-0.15, -0.1) is 11.8 Å². The van der Waals surface area contributed by atoms with Crippen molar-refractivity contribution in [3.05, 3.63) is 77.9 Å². The number of thioether (sulfide) groups is 1. The van der Waals surface area contributed by atoms with E-state index in [1.54, 1.807) is 11.8 Å². The average molecular weight is 363 g/mol. The van der Waals surface area contributed by atoms with Gasteiger partial charge in [-0.1, -0.05) is 54.6 Å². The normalized spacial score (nSPS) is 11.9. The summed E-state index contributed by atoms with van der Waals surface area (Å²) in [5, 5.41) is 5.22. The lowest BCUT2D eigenvalue weighted by molar-refractivity contribution is -0.119. The van der Waals surface area contributed by atoms with E-state index in [2.05, 4.69) is 35.6 Å². The highest BCUT2D eigenvalue weighted by Crippen LogP contribution is 2.24. The molecule has 0 saturated carbocycles. The highest BCUT2D eigenvalue weighted by atomic mass is 32.2. The standard InChI is InChI=1S/C22H21NO2S/c1-15(23-16(2)24)17-7-9-19(10-8-17)22(25)14-26-21-12-11-18-5-3-4-6-20(18)13-21/h3-13,15H,14H2,1-2H3,(H,23,24). The van der Waals surface area contributed by atoms with E-state index in [1.807, 2.05) is 43.3 Å². The molecule has 0 radical (unpaired) electrons. The van der Waals surface area contributed by atoms with Crippen molar-refractivity contribution in [3.63, 3.8) is 0 Å². The van der Waals surface area contributed by atoms with Crippen LogP contribution >= 0.6 is 11.8 Å². The Bertz CT molecular complexity index is 934. The third kappa shape index (κ3) is 4.52. The number of ketones is 1. The fraction of sp³-hybridized carbons (Fsp3) is 0.182. The van der Waals surface area contributed by atoms with E-state index in [4.69, 9.17) is 0 Å². The van der Waals surface area contributed by atoms with Crippen molar-refractivity contribution in [2.24, 2.45) is 0 Å². The van der Waals surface area contributed by atoms with Gasteiger partial charge in [0, 0.05) is 17.4 Å². The lowest BCUT2D eigenvalue weighted by Crippen LogP contribution is -2.23. The van der Waals surface area contributed by atoms with Crippen LogP contribution in [0.4, 0.5) is 0 Å². The molecule has 0 bridgehead atoms. The molecule has 3 aromatic carbocycles. The molecule has 1 N–H and O–H groups in total. The number of carbonyl (C=O) groups is 2. The number of Topliss-reactive ketones (excluding diaryl/α,β-unsaturated/α-hetero) is 1. The van der Waals surface area contributed by atoms with Gasteiger partial charge in [-0.25, -0.2) is 0 Å². The van der Waals surface area contributed by atoms with Crippen LogP contribution in [0.2, 0.25) is 0 Å². The quantitative estimate of drug-likeness (QED) is 0.494. The topological polar surface area (TPSA) is 46.2 Å². The van der Waals surface area contributed by atoms with Crippen molar-refractivity contribution in [2.45, 2.75) is 24.8 Å². The predicted octanol–water partition coefficient (Wildman–Crippen LogP) is 5.01. The van der Waals surface area contributed by atoms with Gasteiger partial charge in [-0.3, -0.25) is 9.59 Å². The molecule has 0 aromatic heterocycles. The van der Waals surface area contributed by atoms with Crippen LogP contribution in [0.15, 0.2) is 71.6 Å². The molecule has 0 saturated heterocycles. The molecule has 3 nitrogen and oxygen atoms in total. The number of hydrogen-bond acceptors (Lipinski definition) is 3. The van der Waals surface area contributed by atoms with Crippen molar-refractivity contribution >= 4 is 34.2 Å². The van der Waals surface area contributed by atoms with Gasteiger partial charge >= 0.3 is 0 Å². The summed E-state index contributed by atoms with van der Waals surface area (Å²) >= 11 is 1.55. The summed E-state index contributed by atoms with van der Waals surface area (Å²) in [6.07, 6.45) is 0. The van der Waals surface area contributed by atoms with Crippen LogP contribution in [0.3, 0.4) is 0 Å². The van der Waals surface area contributed by atoms with Crippen LogP contribution in [0.25, 0.3) is 10.8 Å². The van der Waals surface area contributed by atoms with E-state index in [1.165, 1.54) is 17.7 Å². The first kappa shape index (κ1) is 18.2. The molecule has 0 fully saturated rings. The summed E-state index contributed by atoms with van der Waals surface area (Å²) in [5.74, 6) is 0.435. The van der Waals surface area contributed by atoms with Gasteiger partial charge in [0.05, 0.1) is 11.8 Å². The molecule has 132 valence electrons. The molecule has 1 atom stereocenters. The minimum atomic E-state index is -0.0661. The maximum atomic E-state index is 12.4. The van der Waals surface area contributed by atoms with Crippen LogP contribution in [0, 0.1) is 0 Å². The minimum absolute atomic E-state index is 0.0653. The van der Waals surface area contributed by atoms with Crippen LogP contribution in [0.5, 0.6) is 0 Å². The SMILES string of the molecule is CC(=O)NC(C)c1ccc(C(=O)CSc2ccc3ccccc3c2)cc1. The summed E-state index contributed by atoms with van der Waals surface area (Å²) in [6, 6.07) is 21.8. The fourth-order valence-electron chi connectivity index (χ4n) is 2.84. The average Bonchev–Trinajstić information content (AvgIpc) is 2.65. The lowest BCUT2D eigenvalue weighted by Gasteiger charge is -2.13. The van der Waals surface area contributed by atoms with E-state index in [9.17, 15) is 9.59 Å². The van der Waals surface area contributed by atoms with E-state index in [0.29, 0.717) is 11.3 Å². The molecule has 1 unspecified atom stereocenters. The maximum absolute atomic E-state index is 12.4. The lowest BCUT2D eigenvalue weighted by atomic mass is 10.0. The highest BCUT2D eigenvalue weighted by molar-refractivity contribution is 8.00. The molecule has 3 rings (SSSR count). The first-order valence-corrected chi connectivity index (χ1v) is 9.53. The molecule has 4 heteroatoms. The summed E-state index contributed by atoms with van der Waals surface area (Å²) < 4.78 is 0. The molecule has 26 heavy (non-hydrogen) atoms. The molecule has 1 amide bonds. The molecule has 0 heterocycles. The highest BCUT2D eigenvalue weighted by Gasteiger charge is 2.10. The Hall–Kier alpha value is -2.59. The predicted molar refractivity (Wildman–Crippen MR) is 108 cm³/mol. The van der Waals surface area contributed by atoms with Gasteiger partial charge in [0.15, 0.2) is 5.78 Å². The van der Waals surface area contributed by atoms with Crippen LogP contribution in [0.1, 0.15) is 35.8 Å². The molecule has 0 aliphatic carbocycles. The largest absolute Gasteiger partial charge is 0.350 e. The summed E-state index contributed by atoms with van der Waals surface area (Å²) in [7, 11) is 0. The fourth-order valence-corrected chi connectivity index (χ4v) is 3.67. The summed E-state index contributed by atoms with van der Waals surface area (Å²) in [6.45, 7) is 3.42. The third-order valence-electron chi connectivity index (χ3n) is 4.24. The number of amides is 1. The monoisotopic (exact) mass is 363 g/mol. The molecule has 0 aliphatic heterocycles. The minimum Gasteiger partial charge on any atom is -0.350 e. The van der Waals surface area contributed by atoms with Crippen molar-refractivity contribution in [3.8, 4) is 0 Å². The second-order valence-electron chi connectivity index (χ2n) is 6.27. The van der Waals surface area contributed by atoms with Gasteiger partial charge in [-0.05, 0) is 35.4 Å². The number of hydrogen-bond donors (Lipinski definition) is 1. The van der Waals surface area contributed by atoms with Crippen LogP contribution in [-0.2, 0) is 4.79 Å². The van der Waals surface area contributed by atoms with Crippen molar-refractivity contribution in [1.82, 2.24) is 5.32 Å². The van der Waals surface area contributed by atoms with Crippen LogP contribution in [-0.4, -0.2) is 17.4 Å². The number of nitrogens with one attached hydrogen (secondary N) is 1. The number of benzene rings is 3. The van der Waals surface area contributed by atoms with Gasteiger partial charge in [-0.2, -0.15) is 0 Å². The zero-order valence-corrected chi connectivity index (χ0v) is 15.7. The van der Waals surface area contributed by atoms with Crippen molar-refractivity contribution < 1.29 is 9.59 Å². The Kier molecular flexibility index (Phi) is 5.74. The third-order valence-corrected chi connectivity index (χ3v) is 5.24. The Morgan fingerprint density at radius 2 is 1.65 bits per heavy atom. The van der Waals surface area contributed by atoms with Crippen LogP contribution < -0.4 is 5.32 Å². The molecular formula is C22H21NO2S.